The van der Waals surface area contributed by atoms with Crippen molar-refractivity contribution in [2.24, 2.45) is 5.92 Å². The number of aromatic nitrogens is 2. The van der Waals surface area contributed by atoms with Crippen LogP contribution >= 0.6 is 11.6 Å². The largest absolute Gasteiger partial charge is 0.495 e. The second-order valence-electron chi connectivity index (χ2n) is 6.10. The molecule has 132 valence electrons. The lowest BCUT2D eigenvalue weighted by Gasteiger charge is -2.20. The quantitative estimate of drug-likeness (QED) is 0.826. The second-order valence-corrected chi connectivity index (χ2v) is 6.51. The van der Waals surface area contributed by atoms with E-state index in [1.54, 1.807) is 31.4 Å². The molecule has 1 aliphatic carbocycles. The zero-order valence-corrected chi connectivity index (χ0v) is 14.8. The molecule has 2 aromatic rings. The van der Waals surface area contributed by atoms with Crippen molar-refractivity contribution in [1.82, 2.24) is 10.2 Å². The molecule has 0 aliphatic heterocycles. The van der Waals surface area contributed by atoms with Gasteiger partial charge in [-0.25, -0.2) is 0 Å². The maximum Gasteiger partial charge on any atom is 0.228 e. The molecule has 6 nitrogen and oxygen atoms in total. The molecular weight excluding hydrogens is 340 g/mol. The number of methoxy groups -OCH3 is 1. The monoisotopic (exact) mass is 360 g/mol. The van der Waals surface area contributed by atoms with Crippen LogP contribution in [0.25, 0.3) is 0 Å². The SMILES string of the molecule is COc1ccc(Nc2ccc(NC(=O)C3CCCCC3)nn2)cc1Cl. The molecule has 2 N–H and O–H groups in total. The first-order chi connectivity index (χ1) is 12.2. The minimum Gasteiger partial charge on any atom is -0.495 e. The summed E-state index contributed by atoms with van der Waals surface area (Å²) < 4.78 is 5.12. The molecular formula is C18H21ClN4O2. The lowest BCUT2D eigenvalue weighted by atomic mass is 9.89. The highest BCUT2D eigenvalue weighted by Crippen LogP contribution is 2.28. The number of nitrogens with zero attached hydrogens (tertiary/aromatic N) is 2. The number of halogens is 1. The lowest BCUT2D eigenvalue weighted by molar-refractivity contribution is -0.120. The highest BCUT2D eigenvalue weighted by Gasteiger charge is 2.21. The highest BCUT2D eigenvalue weighted by atomic mass is 35.5. The van der Waals surface area contributed by atoms with Gasteiger partial charge in [0.1, 0.15) is 5.75 Å². The van der Waals surface area contributed by atoms with Gasteiger partial charge in [0.25, 0.3) is 0 Å². The number of anilines is 3. The number of carbonyl (C=O) groups excluding carboxylic acids is 1. The molecule has 1 aromatic carbocycles. The van der Waals surface area contributed by atoms with Crippen LogP contribution in [0.2, 0.25) is 5.02 Å². The van der Waals surface area contributed by atoms with Gasteiger partial charge in [-0.2, -0.15) is 0 Å². The van der Waals surface area contributed by atoms with Crippen molar-refractivity contribution in [2.45, 2.75) is 32.1 Å². The first kappa shape index (κ1) is 17.5. The molecule has 0 bridgehead atoms. The van der Waals surface area contributed by atoms with Crippen LogP contribution in [0.1, 0.15) is 32.1 Å². The molecule has 1 heterocycles. The van der Waals surface area contributed by atoms with Crippen LogP contribution < -0.4 is 15.4 Å². The van der Waals surface area contributed by atoms with E-state index in [1.165, 1.54) is 6.42 Å². The van der Waals surface area contributed by atoms with E-state index >= 15 is 0 Å². The summed E-state index contributed by atoms with van der Waals surface area (Å²) in [6, 6.07) is 8.87. The van der Waals surface area contributed by atoms with E-state index in [4.69, 9.17) is 16.3 Å². The molecule has 1 fully saturated rings. The summed E-state index contributed by atoms with van der Waals surface area (Å²) >= 11 is 6.10. The summed E-state index contributed by atoms with van der Waals surface area (Å²) in [5, 5.41) is 14.6. The molecule has 3 rings (SSSR count). The van der Waals surface area contributed by atoms with Crippen molar-refractivity contribution >= 4 is 34.8 Å². The van der Waals surface area contributed by atoms with E-state index in [1.807, 2.05) is 6.07 Å². The van der Waals surface area contributed by atoms with Crippen LogP contribution in [0.15, 0.2) is 30.3 Å². The Morgan fingerprint density at radius 1 is 1.12 bits per heavy atom. The van der Waals surface area contributed by atoms with Crippen molar-refractivity contribution in [3.8, 4) is 5.75 Å². The normalized spacial score (nSPS) is 14.8. The van der Waals surface area contributed by atoms with E-state index < -0.39 is 0 Å². The second kappa shape index (κ2) is 8.16. The van der Waals surface area contributed by atoms with Crippen molar-refractivity contribution in [3.63, 3.8) is 0 Å². The zero-order chi connectivity index (χ0) is 17.6. The lowest BCUT2D eigenvalue weighted by Crippen LogP contribution is -2.25. The van der Waals surface area contributed by atoms with E-state index in [0.29, 0.717) is 22.4 Å². The first-order valence-electron chi connectivity index (χ1n) is 8.41. The number of benzene rings is 1. The van der Waals surface area contributed by atoms with E-state index in [0.717, 1.165) is 31.4 Å². The van der Waals surface area contributed by atoms with Gasteiger partial charge in [0.15, 0.2) is 11.6 Å². The molecule has 1 aromatic heterocycles. The van der Waals surface area contributed by atoms with Crippen molar-refractivity contribution in [2.75, 3.05) is 17.7 Å². The molecule has 0 radical (unpaired) electrons. The Balaban J connectivity index is 1.60. The van der Waals surface area contributed by atoms with Crippen LogP contribution in [0.4, 0.5) is 17.3 Å². The van der Waals surface area contributed by atoms with Gasteiger partial charge in [0.05, 0.1) is 12.1 Å². The number of rotatable bonds is 5. The van der Waals surface area contributed by atoms with Crippen LogP contribution in [-0.2, 0) is 4.79 Å². The number of hydrogen-bond donors (Lipinski definition) is 2. The average Bonchev–Trinajstić information content (AvgIpc) is 2.64. The smallest absolute Gasteiger partial charge is 0.228 e. The van der Waals surface area contributed by atoms with Gasteiger partial charge in [-0.05, 0) is 43.2 Å². The van der Waals surface area contributed by atoms with Gasteiger partial charge < -0.3 is 15.4 Å². The molecule has 0 unspecified atom stereocenters. The van der Waals surface area contributed by atoms with E-state index in [2.05, 4.69) is 20.8 Å². The molecule has 25 heavy (non-hydrogen) atoms. The fraction of sp³-hybridized carbons (Fsp3) is 0.389. The van der Waals surface area contributed by atoms with Gasteiger partial charge in [-0.1, -0.05) is 30.9 Å². The summed E-state index contributed by atoms with van der Waals surface area (Å²) in [5.74, 6) is 1.77. The number of ether oxygens (including phenoxy) is 1. The number of hydrogen-bond acceptors (Lipinski definition) is 5. The Labute approximate surface area is 151 Å². The van der Waals surface area contributed by atoms with Gasteiger partial charge in [0, 0.05) is 11.6 Å². The summed E-state index contributed by atoms with van der Waals surface area (Å²) in [7, 11) is 1.57. The minimum absolute atomic E-state index is 0.0386. The minimum atomic E-state index is 0.0386. The number of amides is 1. The molecule has 1 saturated carbocycles. The molecule has 1 amide bonds. The maximum atomic E-state index is 12.2. The summed E-state index contributed by atoms with van der Waals surface area (Å²) in [5.41, 5.74) is 0.777. The summed E-state index contributed by atoms with van der Waals surface area (Å²) in [4.78, 5) is 12.2. The first-order valence-corrected chi connectivity index (χ1v) is 8.78. The number of nitrogens with one attached hydrogen (secondary N) is 2. The molecule has 0 atom stereocenters. The third-order valence-corrected chi connectivity index (χ3v) is 4.61. The standard InChI is InChI=1S/C18H21ClN4O2/c1-25-15-8-7-13(11-14(15)19)20-16-9-10-17(23-22-16)21-18(24)12-5-3-2-4-6-12/h7-12H,2-6H2,1H3,(H,20,22)(H,21,23,24). The Morgan fingerprint density at radius 3 is 2.48 bits per heavy atom. The Hall–Kier alpha value is -2.34. The molecule has 0 saturated heterocycles. The fourth-order valence-corrected chi connectivity index (χ4v) is 3.21. The highest BCUT2D eigenvalue weighted by molar-refractivity contribution is 6.32. The van der Waals surface area contributed by atoms with Crippen LogP contribution in [0, 0.1) is 5.92 Å². The predicted octanol–water partition coefficient (Wildman–Crippen LogP) is 4.40. The Kier molecular flexibility index (Phi) is 5.71. The zero-order valence-electron chi connectivity index (χ0n) is 14.1. The topological polar surface area (TPSA) is 76.1 Å². The van der Waals surface area contributed by atoms with Crippen LogP contribution in [0.5, 0.6) is 5.75 Å². The third kappa shape index (κ3) is 4.60. The van der Waals surface area contributed by atoms with E-state index in [9.17, 15) is 4.79 Å². The predicted molar refractivity (Wildman–Crippen MR) is 98.5 cm³/mol. The molecule has 7 heteroatoms. The van der Waals surface area contributed by atoms with Gasteiger partial charge in [-0.3, -0.25) is 4.79 Å². The van der Waals surface area contributed by atoms with Gasteiger partial charge in [0.2, 0.25) is 5.91 Å². The molecule has 0 spiro atoms. The Morgan fingerprint density at radius 2 is 1.84 bits per heavy atom. The number of carbonyl (C=O) groups is 1. The van der Waals surface area contributed by atoms with Crippen molar-refractivity contribution < 1.29 is 9.53 Å². The summed E-state index contributed by atoms with van der Waals surface area (Å²) in [6.45, 7) is 0. The van der Waals surface area contributed by atoms with Crippen LogP contribution in [-0.4, -0.2) is 23.2 Å². The third-order valence-electron chi connectivity index (χ3n) is 4.32. The van der Waals surface area contributed by atoms with Gasteiger partial charge in [-0.15, -0.1) is 10.2 Å². The summed E-state index contributed by atoms with van der Waals surface area (Å²) in [6.07, 6.45) is 5.38. The van der Waals surface area contributed by atoms with Crippen molar-refractivity contribution in [3.05, 3.63) is 35.4 Å². The van der Waals surface area contributed by atoms with Gasteiger partial charge >= 0.3 is 0 Å². The maximum absolute atomic E-state index is 12.2. The Bertz CT molecular complexity index is 730. The average molecular weight is 361 g/mol. The molecule has 1 aliphatic rings. The van der Waals surface area contributed by atoms with Crippen LogP contribution in [0.3, 0.4) is 0 Å². The van der Waals surface area contributed by atoms with E-state index in [-0.39, 0.29) is 11.8 Å². The van der Waals surface area contributed by atoms with Crippen molar-refractivity contribution in [1.29, 1.82) is 0 Å². The fourth-order valence-electron chi connectivity index (χ4n) is 2.95.